The van der Waals surface area contributed by atoms with Crippen LogP contribution in [0.1, 0.15) is 23.6 Å². The zero-order valence-corrected chi connectivity index (χ0v) is 13.8. The Kier molecular flexibility index (Phi) is 4.64. The average Bonchev–Trinajstić information content (AvgIpc) is 2.59. The van der Waals surface area contributed by atoms with Gasteiger partial charge in [0.25, 0.3) is 0 Å². The van der Waals surface area contributed by atoms with Crippen molar-refractivity contribution in [2.24, 2.45) is 0 Å². The molecule has 0 radical (unpaired) electrons. The van der Waals surface area contributed by atoms with Crippen molar-refractivity contribution in [3.8, 4) is 0 Å². The third kappa shape index (κ3) is 2.90. The average molecular weight is 358 g/mol. The normalized spacial score (nSPS) is 11.4. The van der Waals surface area contributed by atoms with E-state index < -0.39 is 34.5 Å². The second-order valence-electron chi connectivity index (χ2n) is 5.94. The van der Waals surface area contributed by atoms with Crippen molar-refractivity contribution in [2.45, 2.75) is 12.3 Å². The fraction of sp³-hybridized carbons (Fsp3) is 0.0952. The van der Waals surface area contributed by atoms with E-state index in [1.54, 1.807) is 0 Å². The molecule has 0 bridgehead atoms. The van der Waals surface area contributed by atoms with Gasteiger partial charge in [0, 0.05) is 11.6 Å². The smallest absolute Gasteiger partial charge is 0.149 e. The molecule has 0 saturated heterocycles. The van der Waals surface area contributed by atoms with Crippen molar-refractivity contribution in [1.82, 2.24) is 0 Å². The molecule has 0 unspecified atom stereocenters. The Morgan fingerprint density at radius 1 is 0.692 bits per heavy atom. The highest BCUT2D eigenvalue weighted by atomic mass is 19.1. The molecule has 0 spiro atoms. The first kappa shape index (κ1) is 17.9. The largest absolute Gasteiger partial charge is 0.298 e. The predicted octanol–water partition coefficient (Wildman–Crippen LogP) is 5.17. The SMILES string of the molecule is CC(=O)C(c1ccc(F)cc1)(c1ccc(F)cc1)c1ccc(F)cc1F. The molecule has 0 aliphatic heterocycles. The van der Waals surface area contributed by atoms with Gasteiger partial charge in [0.1, 0.15) is 34.5 Å². The molecule has 3 rings (SSSR count). The predicted molar refractivity (Wildman–Crippen MR) is 89.7 cm³/mol. The van der Waals surface area contributed by atoms with Crippen molar-refractivity contribution in [3.63, 3.8) is 0 Å². The molecule has 5 heteroatoms. The van der Waals surface area contributed by atoms with E-state index in [1.165, 1.54) is 37.3 Å². The molecular formula is C21H14F4O. The summed E-state index contributed by atoms with van der Waals surface area (Å²) in [6.45, 7) is 1.26. The van der Waals surface area contributed by atoms with Crippen molar-refractivity contribution >= 4 is 5.78 Å². The number of carbonyl (C=O) groups is 1. The summed E-state index contributed by atoms with van der Waals surface area (Å²) in [5.41, 5.74) is -1.17. The second kappa shape index (κ2) is 6.75. The molecule has 3 aromatic carbocycles. The summed E-state index contributed by atoms with van der Waals surface area (Å²) in [4.78, 5) is 12.8. The van der Waals surface area contributed by atoms with E-state index in [0.717, 1.165) is 30.3 Å². The maximum Gasteiger partial charge on any atom is 0.149 e. The summed E-state index contributed by atoms with van der Waals surface area (Å²) in [5.74, 6) is -3.23. The Bertz CT molecular complexity index is 901. The first-order chi connectivity index (χ1) is 12.4. The molecule has 0 saturated carbocycles. The molecule has 0 aliphatic carbocycles. The summed E-state index contributed by atoms with van der Waals surface area (Å²) >= 11 is 0. The van der Waals surface area contributed by atoms with Crippen LogP contribution in [0.15, 0.2) is 66.7 Å². The number of ketones is 1. The van der Waals surface area contributed by atoms with Crippen molar-refractivity contribution in [1.29, 1.82) is 0 Å². The van der Waals surface area contributed by atoms with Gasteiger partial charge >= 0.3 is 0 Å². The van der Waals surface area contributed by atoms with Crippen LogP contribution in [-0.2, 0) is 10.2 Å². The van der Waals surface area contributed by atoms with Crippen LogP contribution in [0, 0.1) is 23.3 Å². The van der Waals surface area contributed by atoms with Gasteiger partial charge in [-0.05, 0) is 48.4 Å². The van der Waals surface area contributed by atoms with Crippen LogP contribution >= 0.6 is 0 Å². The van der Waals surface area contributed by atoms with Gasteiger partial charge in [0.15, 0.2) is 0 Å². The summed E-state index contributed by atoms with van der Waals surface area (Å²) in [6.07, 6.45) is 0. The Morgan fingerprint density at radius 3 is 1.50 bits per heavy atom. The first-order valence-electron chi connectivity index (χ1n) is 7.84. The summed E-state index contributed by atoms with van der Waals surface area (Å²) in [7, 11) is 0. The van der Waals surface area contributed by atoms with Crippen LogP contribution in [0.3, 0.4) is 0 Å². The number of hydrogen-bond donors (Lipinski definition) is 0. The van der Waals surface area contributed by atoms with Gasteiger partial charge in [-0.1, -0.05) is 30.3 Å². The molecule has 26 heavy (non-hydrogen) atoms. The summed E-state index contributed by atoms with van der Waals surface area (Å²) in [6, 6.07) is 13.0. The van der Waals surface area contributed by atoms with E-state index in [9.17, 15) is 22.4 Å². The molecule has 0 aromatic heterocycles. The molecule has 0 fully saturated rings. The minimum atomic E-state index is -1.67. The zero-order chi connectivity index (χ0) is 18.9. The van der Waals surface area contributed by atoms with Gasteiger partial charge in [-0.15, -0.1) is 0 Å². The van der Waals surface area contributed by atoms with Crippen molar-refractivity contribution < 1.29 is 22.4 Å². The molecular weight excluding hydrogens is 344 g/mol. The highest BCUT2D eigenvalue weighted by Crippen LogP contribution is 2.41. The Morgan fingerprint density at radius 2 is 1.12 bits per heavy atom. The van der Waals surface area contributed by atoms with Gasteiger partial charge in [-0.2, -0.15) is 0 Å². The van der Waals surface area contributed by atoms with Gasteiger partial charge in [-0.25, -0.2) is 17.6 Å². The molecule has 132 valence electrons. The fourth-order valence-electron chi connectivity index (χ4n) is 3.27. The number of hydrogen-bond acceptors (Lipinski definition) is 1. The number of halogens is 4. The van der Waals surface area contributed by atoms with Crippen molar-refractivity contribution in [3.05, 3.63) is 107 Å². The monoisotopic (exact) mass is 358 g/mol. The van der Waals surface area contributed by atoms with Gasteiger partial charge in [-0.3, -0.25) is 4.79 Å². The van der Waals surface area contributed by atoms with E-state index >= 15 is 0 Å². The lowest BCUT2D eigenvalue weighted by Gasteiger charge is -2.33. The Balaban J connectivity index is 2.41. The minimum absolute atomic E-state index is 0.0929. The highest BCUT2D eigenvalue weighted by molar-refractivity contribution is 5.96. The van der Waals surface area contributed by atoms with Crippen LogP contribution in [0.25, 0.3) is 0 Å². The second-order valence-corrected chi connectivity index (χ2v) is 5.94. The topological polar surface area (TPSA) is 17.1 Å². The number of carbonyl (C=O) groups excluding carboxylic acids is 1. The van der Waals surface area contributed by atoms with E-state index in [0.29, 0.717) is 17.2 Å². The van der Waals surface area contributed by atoms with Crippen LogP contribution < -0.4 is 0 Å². The van der Waals surface area contributed by atoms with Crippen LogP contribution in [0.2, 0.25) is 0 Å². The van der Waals surface area contributed by atoms with E-state index in [-0.39, 0.29) is 5.56 Å². The summed E-state index contributed by atoms with van der Waals surface area (Å²) in [5, 5.41) is 0. The van der Waals surface area contributed by atoms with Crippen LogP contribution in [0.5, 0.6) is 0 Å². The molecule has 3 aromatic rings. The molecule has 0 N–H and O–H groups in total. The quantitative estimate of drug-likeness (QED) is 0.465. The molecule has 1 nitrogen and oxygen atoms in total. The Labute approximate surface area is 147 Å². The maximum atomic E-state index is 14.7. The van der Waals surface area contributed by atoms with Crippen LogP contribution in [-0.4, -0.2) is 5.78 Å². The first-order valence-corrected chi connectivity index (χ1v) is 7.84. The lowest BCUT2D eigenvalue weighted by atomic mass is 9.67. The third-order valence-electron chi connectivity index (χ3n) is 4.42. The molecule has 0 amide bonds. The number of Topliss-reactive ketones (excluding diaryl/α,β-unsaturated/α-hetero) is 1. The summed E-state index contributed by atoms with van der Waals surface area (Å²) < 4.78 is 54.9. The highest BCUT2D eigenvalue weighted by Gasteiger charge is 2.43. The van der Waals surface area contributed by atoms with E-state index in [4.69, 9.17) is 0 Å². The number of rotatable bonds is 4. The number of benzene rings is 3. The molecule has 0 aliphatic rings. The minimum Gasteiger partial charge on any atom is -0.298 e. The molecule has 0 atom stereocenters. The Hall–Kier alpha value is -2.95. The van der Waals surface area contributed by atoms with Crippen molar-refractivity contribution in [2.75, 3.05) is 0 Å². The molecule has 0 heterocycles. The lowest BCUT2D eigenvalue weighted by molar-refractivity contribution is -0.120. The van der Waals surface area contributed by atoms with Gasteiger partial charge < -0.3 is 0 Å². The maximum absolute atomic E-state index is 14.7. The van der Waals surface area contributed by atoms with Gasteiger partial charge in [0.05, 0.1) is 0 Å². The third-order valence-corrected chi connectivity index (χ3v) is 4.42. The van der Waals surface area contributed by atoms with Gasteiger partial charge in [0.2, 0.25) is 0 Å². The van der Waals surface area contributed by atoms with Crippen LogP contribution in [0.4, 0.5) is 17.6 Å². The zero-order valence-electron chi connectivity index (χ0n) is 13.8. The fourth-order valence-corrected chi connectivity index (χ4v) is 3.27. The van der Waals surface area contributed by atoms with E-state index in [1.807, 2.05) is 0 Å². The van der Waals surface area contributed by atoms with E-state index in [2.05, 4.69) is 0 Å². The lowest BCUT2D eigenvalue weighted by Crippen LogP contribution is -2.38. The standard InChI is InChI=1S/C21H14F4O/c1-13(26)21(14-2-6-16(22)7-3-14,15-4-8-17(23)9-5-15)19-11-10-18(24)12-20(19)25/h2-12H,1H3.